The van der Waals surface area contributed by atoms with E-state index in [1.54, 1.807) is 6.07 Å². The predicted molar refractivity (Wildman–Crippen MR) is 83.7 cm³/mol. The van der Waals surface area contributed by atoms with E-state index >= 15 is 0 Å². The van der Waals surface area contributed by atoms with E-state index in [0.29, 0.717) is 13.0 Å². The van der Waals surface area contributed by atoms with E-state index in [4.69, 9.17) is 0 Å². The van der Waals surface area contributed by atoms with Crippen LogP contribution in [0.15, 0.2) is 24.3 Å². The van der Waals surface area contributed by atoms with Gasteiger partial charge in [-0.1, -0.05) is 12.1 Å². The van der Waals surface area contributed by atoms with E-state index in [1.807, 2.05) is 6.07 Å². The summed E-state index contributed by atoms with van der Waals surface area (Å²) in [5, 5.41) is 3.43. The van der Waals surface area contributed by atoms with Crippen molar-refractivity contribution in [3.05, 3.63) is 35.6 Å². The molecule has 1 heterocycles. The van der Waals surface area contributed by atoms with Crippen molar-refractivity contribution in [1.82, 2.24) is 5.32 Å². The van der Waals surface area contributed by atoms with Gasteiger partial charge in [0.1, 0.15) is 5.82 Å². The molecular formula is C16H24FNO2S. The third kappa shape index (κ3) is 4.78. The quantitative estimate of drug-likeness (QED) is 0.930. The van der Waals surface area contributed by atoms with Gasteiger partial charge in [-0.05, 0) is 50.8 Å². The van der Waals surface area contributed by atoms with Gasteiger partial charge in [0.05, 0.1) is 11.5 Å². The second-order valence-corrected chi connectivity index (χ2v) is 9.18. The Hall–Kier alpha value is -0.940. The second-order valence-electron chi connectivity index (χ2n) is 6.96. The van der Waals surface area contributed by atoms with Crippen molar-refractivity contribution in [3.8, 4) is 0 Å². The number of benzene rings is 1. The highest BCUT2D eigenvalue weighted by molar-refractivity contribution is 7.91. The van der Waals surface area contributed by atoms with Crippen LogP contribution in [0.5, 0.6) is 0 Å². The summed E-state index contributed by atoms with van der Waals surface area (Å²) in [6, 6.07) is 6.53. The van der Waals surface area contributed by atoms with Crippen molar-refractivity contribution in [3.63, 3.8) is 0 Å². The predicted octanol–water partition coefficient (Wildman–Crippen LogP) is 2.73. The summed E-state index contributed by atoms with van der Waals surface area (Å²) in [4.78, 5) is 0. The number of rotatable bonds is 4. The SMILES string of the molecule is CC(C)(C)NCC(c1cccc(F)c1)C1CCS(=O)(=O)C1. The highest BCUT2D eigenvalue weighted by Gasteiger charge is 2.34. The molecule has 0 radical (unpaired) electrons. The lowest BCUT2D eigenvalue weighted by molar-refractivity contribution is 0.363. The van der Waals surface area contributed by atoms with Crippen LogP contribution in [-0.4, -0.2) is 32.0 Å². The lowest BCUT2D eigenvalue weighted by Crippen LogP contribution is -2.40. The average molecular weight is 313 g/mol. The zero-order valence-electron chi connectivity index (χ0n) is 12.9. The first-order chi connectivity index (χ1) is 9.66. The van der Waals surface area contributed by atoms with Gasteiger partial charge in [0.25, 0.3) is 0 Å². The van der Waals surface area contributed by atoms with Crippen molar-refractivity contribution >= 4 is 9.84 Å². The van der Waals surface area contributed by atoms with Crippen LogP contribution in [0.3, 0.4) is 0 Å². The maximum absolute atomic E-state index is 13.5. The molecule has 1 saturated heterocycles. The Balaban J connectivity index is 2.22. The number of halogens is 1. The molecule has 0 aromatic heterocycles. The molecule has 1 aliphatic heterocycles. The highest BCUT2D eigenvalue weighted by atomic mass is 32.2. The maximum Gasteiger partial charge on any atom is 0.150 e. The number of hydrogen-bond acceptors (Lipinski definition) is 3. The van der Waals surface area contributed by atoms with Crippen LogP contribution < -0.4 is 5.32 Å². The minimum atomic E-state index is -2.93. The molecule has 2 unspecified atom stereocenters. The van der Waals surface area contributed by atoms with E-state index in [9.17, 15) is 12.8 Å². The summed E-state index contributed by atoms with van der Waals surface area (Å²) in [5.74, 6) is 0.275. The van der Waals surface area contributed by atoms with Crippen molar-refractivity contribution in [2.24, 2.45) is 5.92 Å². The largest absolute Gasteiger partial charge is 0.311 e. The van der Waals surface area contributed by atoms with Gasteiger partial charge in [0.2, 0.25) is 0 Å². The summed E-state index contributed by atoms with van der Waals surface area (Å²) in [6.45, 7) is 6.87. The van der Waals surface area contributed by atoms with Gasteiger partial charge in [-0.25, -0.2) is 12.8 Å². The molecule has 21 heavy (non-hydrogen) atoms. The van der Waals surface area contributed by atoms with Crippen LogP contribution in [0.1, 0.15) is 38.7 Å². The molecule has 0 amide bonds. The lowest BCUT2D eigenvalue weighted by Gasteiger charge is -2.28. The Labute approximate surface area is 126 Å². The Morgan fingerprint density at radius 1 is 1.38 bits per heavy atom. The van der Waals surface area contributed by atoms with Gasteiger partial charge in [0, 0.05) is 18.0 Å². The van der Waals surface area contributed by atoms with E-state index < -0.39 is 9.84 Å². The van der Waals surface area contributed by atoms with Crippen molar-refractivity contribution in [2.45, 2.75) is 38.6 Å². The zero-order chi connectivity index (χ0) is 15.7. The summed E-state index contributed by atoms with van der Waals surface area (Å²) < 4.78 is 37.0. The third-order valence-corrected chi connectivity index (χ3v) is 5.76. The molecule has 1 aliphatic rings. The smallest absolute Gasteiger partial charge is 0.150 e. The molecule has 0 spiro atoms. The van der Waals surface area contributed by atoms with Gasteiger partial charge >= 0.3 is 0 Å². The average Bonchev–Trinajstić information content (AvgIpc) is 2.68. The van der Waals surface area contributed by atoms with E-state index in [-0.39, 0.29) is 34.7 Å². The van der Waals surface area contributed by atoms with Crippen LogP contribution >= 0.6 is 0 Å². The van der Waals surface area contributed by atoms with E-state index in [0.717, 1.165) is 5.56 Å². The lowest BCUT2D eigenvalue weighted by atomic mass is 9.85. The molecule has 1 aromatic rings. The van der Waals surface area contributed by atoms with Crippen LogP contribution in [0.4, 0.5) is 4.39 Å². The zero-order valence-corrected chi connectivity index (χ0v) is 13.7. The van der Waals surface area contributed by atoms with Crippen LogP contribution in [0.2, 0.25) is 0 Å². The second kappa shape index (κ2) is 6.05. The van der Waals surface area contributed by atoms with Crippen LogP contribution in [0.25, 0.3) is 0 Å². The van der Waals surface area contributed by atoms with E-state index in [2.05, 4.69) is 26.1 Å². The molecular weight excluding hydrogens is 289 g/mol. The summed E-state index contributed by atoms with van der Waals surface area (Å²) in [7, 11) is -2.93. The molecule has 0 bridgehead atoms. The minimum Gasteiger partial charge on any atom is -0.311 e. The molecule has 1 N–H and O–H groups in total. The fraction of sp³-hybridized carbons (Fsp3) is 0.625. The Bertz CT molecular complexity index is 593. The monoisotopic (exact) mass is 313 g/mol. The molecule has 1 aromatic carbocycles. The van der Waals surface area contributed by atoms with Gasteiger partial charge in [-0.3, -0.25) is 0 Å². The van der Waals surface area contributed by atoms with Crippen LogP contribution in [-0.2, 0) is 9.84 Å². The normalized spacial score (nSPS) is 23.1. The molecule has 118 valence electrons. The van der Waals surface area contributed by atoms with Gasteiger partial charge in [-0.15, -0.1) is 0 Å². The first-order valence-corrected chi connectivity index (χ1v) is 9.19. The molecule has 3 nitrogen and oxygen atoms in total. The van der Waals surface area contributed by atoms with Gasteiger partial charge in [0.15, 0.2) is 9.84 Å². The number of sulfone groups is 1. The molecule has 5 heteroatoms. The first-order valence-electron chi connectivity index (χ1n) is 7.37. The topological polar surface area (TPSA) is 46.2 Å². The van der Waals surface area contributed by atoms with Gasteiger partial charge in [-0.2, -0.15) is 0 Å². The van der Waals surface area contributed by atoms with Crippen molar-refractivity contribution < 1.29 is 12.8 Å². The Morgan fingerprint density at radius 3 is 2.62 bits per heavy atom. The van der Waals surface area contributed by atoms with Gasteiger partial charge < -0.3 is 5.32 Å². The Morgan fingerprint density at radius 2 is 2.10 bits per heavy atom. The summed E-state index contributed by atoms with van der Waals surface area (Å²) in [5.41, 5.74) is 0.831. The van der Waals surface area contributed by atoms with Crippen molar-refractivity contribution in [1.29, 1.82) is 0 Å². The van der Waals surface area contributed by atoms with Crippen LogP contribution in [0, 0.1) is 11.7 Å². The first kappa shape index (κ1) is 16.4. The summed E-state index contributed by atoms with van der Waals surface area (Å²) >= 11 is 0. The van der Waals surface area contributed by atoms with E-state index in [1.165, 1.54) is 12.1 Å². The summed E-state index contributed by atoms with van der Waals surface area (Å²) in [6.07, 6.45) is 0.662. The highest BCUT2D eigenvalue weighted by Crippen LogP contribution is 2.33. The standard InChI is InChI=1S/C16H24FNO2S/c1-16(2,3)18-10-15(12-5-4-6-14(17)9-12)13-7-8-21(19,20)11-13/h4-6,9,13,15,18H,7-8,10-11H2,1-3H3. The fourth-order valence-electron chi connectivity index (χ4n) is 2.85. The maximum atomic E-state index is 13.5. The molecule has 0 saturated carbocycles. The minimum absolute atomic E-state index is 0.0252. The molecule has 1 fully saturated rings. The molecule has 2 rings (SSSR count). The molecule has 2 atom stereocenters. The number of hydrogen-bond donors (Lipinski definition) is 1. The Kier molecular flexibility index (Phi) is 4.73. The number of nitrogens with one attached hydrogen (secondary N) is 1. The third-order valence-electron chi connectivity index (χ3n) is 3.97. The van der Waals surface area contributed by atoms with Crippen molar-refractivity contribution in [2.75, 3.05) is 18.1 Å². The molecule has 0 aliphatic carbocycles. The fourth-order valence-corrected chi connectivity index (χ4v) is 4.73.